The summed E-state index contributed by atoms with van der Waals surface area (Å²) in [5.41, 5.74) is 2.75. The molecule has 0 aliphatic carbocycles. The Hall–Kier alpha value is -1.35. The predicted molar refractivity (Wildman–Crippen MR) is 74.5 cm³/mol. The van der Waals surface area contributed by atoms with Crippen LogP contribution >= 0.6 is 0 Å². The minimum atomic E-state index is -0.180. The van der Waals surface area contributed by atoms with Gasteiger partial charge >= 0.3 is 0 Å². The first-order valence-electron chi connectivity index (χ1n) is 6.29. The number of rotatable bonds is 5. The van der Waals surface area contributed by atoms with Crippen molar-refractivity contribution in [3.8, 4) is 5.75 Å². The third-order valence-corrected chi connectivity index (χ3v) is 3.15. The number of likely N-dealkylation sites (N-methyl/N-ethyl adjacent to an activating group) is 1. The molecule has 0 saturated heterocycles. The molecule has 18 heavy (non-hydrogen) atoms. The average molecular weight is 249 g/mol. The number of hydrogen-bond acceptors (Lipinski definition) is 3. The number of methoxy groups -OCH3 is 1. The molecule has 0 amide bonds. The molecule has 0 spiro atoms. The number of carbonyl (C=O) groups excluding carboxylic acids is 1. The summed E-state index contributed by atoms with van der Waals surface area (Å²) in [6.45, 7) is 8.03. The van der Waals surface area contributed by atoms with Gasteiger partial charge in [-0.1, -0.05) is 19.9 Å². The Morgan fingerprint density at radius 1 is 1.28 bits per heavy atom. The quantitative estimate of drug-likeness (QED) is 0.815. The Morgan fingerprint density at radius 3 is 2.33 bits per heavy atom. The van der Waals surface area contributed by atoms with Crippen molar-refractivity contribution >= 4 is 5.78 Å². The van der Waals surface area contributed by atoms with Crippen molar-refractivity contribution in [2.24, 2.45) is 5.92 Å². The van der Waals surface area contributed by atoms with Crippen molar-refractivity contribution in [1.82, 2.24) is 5.32 Å². The van der Waals surface area contributed by atoms with Gasteiger partial charge < -0.3 is 10.1 Å². The lowest BCUT2D eigenvalue weighted by Gasteiger charge is -2.21. The van der Waals surface area contributed by atoms with Crippen LogP contribution in [0.25, 0.3) is 0 Å². The molecule has 0 aliphatic rings. The van der Waals surface area contributed by atoms with Gasteiger partial charge in [0.15, 0.2) is 5.78 Å². The van der Waals surface area contributed by atoms with Crippen LogP contribution < -0.4 is 10.1 Å². The van der Waals surface area contributed by atoms with Crippen LogP contribution in [0.3, 0.4) is 0 Å². The molecule has 0 bridgehead atoms. The molecular formula is C15H23NO2. The minimum absolute atomic E-state index is 0.0937. The highest BCUT2D eigenvalue weighted by atomic mass is 16.5. The maximum Gasteiger partial charge on any atom is 0.183 e. The van der Waals surface area contributed by atoms with Gasteiger partial charge in [-0.2, -0.15) is 0 Å². The second-order valence-corrected chi connectivity index (χ2v) is 5.04. The molecule has 1 aromatic carbocycles. The van der Waals surface area contributed by atoms with E-state index >= 15 is 0 Å². The molecule has 0 aliphatic heterocycles. The summed E-state index contributed by atoms with van der Waals surface area (Å²) in [5.74, 6) is 1.02. The normalized spacial score (nSPS) is 12.6. The Morgan fingerprint density at radius 2 is 1.89 bits per heavy atom. The van der Waals surface area contributed by atoms with Crippen molar-refractivity contribution in [2.45, 2.75) is 33.7 Å². The number of Topliss-reactive ketones (excluding diaryl/α,β-unsaturated/α-hetero) is 1. The minimum Gasteiger partial charge on any atom is -0.496 e. The van der Waals surface area contributed by atoms with Crippen LogP contribution in [0.5, 0.6) is 5.75 Å². The van der Waals surface area contributed by atoms with E-state index in [9.17, 15) is 4.79 Å². The fourth-order valence-corrected chi connectivity index (χ4v) is 2.34. The highest BCUT2D eigenvalue weighted by molar-refractivity contribution is 6.03. The first kappa shape index (κ1) is 14.7. The molecule has 1 aromatic rings. The molecule has 100 valence electrons. The number of ether oxygens (including phenoxy) is 1. The lowest BCUT2D eigenvalue weighted by atomic mass is 9.92. The van der Waals surface area contributed by atoms with Crippen LogP contribution in [0.4, 0.5) is 0 Å². The van der Waals surface area contributed by atoms with E-state index in [4.69, 9.17) is 4.74 Å². The maximum absolute atomic E-state index is 12.6. The van der Waals surface area contributed by atoms with Crippen LogP contribution in [-0.2, 0) is 0 Å². The number of ketones is 1. The van der Waals surface area contributed by atoms with Gasteiger partial charge in [-0.3, -0.25) is 4.79 Å². The van der Waals surface area contributed by atoms with Crippen LogP contribution in [-0.4, -0.2) is 26.0 Å². The van der Waals surface area contributed by atoms with Gasteiger partial charge in [0.2, 0.25) is 0 Å². The zero-order valence-corrected chi connectivity index (χ0v) is 12.1. The fraction of sp³-hybridized carbons (Fsp3) is 0.533. The number of carbonyl (C=O) groups is 1. The molecule has 0 heterocycles. The van der Waals surface area contributed by atoms with Crippen molar-refractivity contribution < 1.29 is 9.53 Å². The number of aryl methyl sites for hydroxylation is 2. The van der Waals surface area contributed by atoms with Crippen LogP contribution in [0.1, 0.15) is 35.3 Å². The van der Waals surface area contributed by atoms with Gasteiger partial charge in [0.1, 0.15) is 5.75 Å². The molecule has 0 saturated carbocycles. The second-order valence-electron chi connectivity index (χ2n) is 5.04. The Kier molecular flexibility index (Phi) is 4.91. The average Bonchev–Trinajstić information content (AvgIpc) is 2.28. The highest BCUT2D eigenvalue weighted by Gasteiger charge is 2.25. The second kappa shape index (κ2) is 6.01. The van der Waals surface area contributed by atoms with Crippen LogP contribution in [0.2, 0.25) is 0 Å². The summed E-state index contributed by atoms with van der Waals surface area (Å²) in [5, 5.41) is 3.08. The van der Waals surface area contributed by atoms with Gasteiger partial charge in [-0.15, -0.1) is 0 Å². The fourth-order valence-electron chi connectivity index (χ4n) is 2.34. The van der Waals surface area contributed by atoms with Gasteiger partial charge in [-0.25, -0.2) is 0 Å². The molecule has 1 atom stereocenters. The molecule has 0 radical (unpaired) electrons. The zero-order valence-electron chi connectivity index (χ0n) is 12.1. The van der Waals surface area contributed by atoms with E-state index in [0.29, 0.717) is 11.3 Å². The monoisotopic (exact) mass is 249 g/mol. The third kappa shape index (κ3) is 2.91. The van der Waals surface area contributed by atoms with Crippen molar-refractivity contribution in [1.29, 1.82) is 0 Å². The Labute approximate surface area is 110 Å². The van der Waals surface area contributed by atoms with E-state index in [1.807, 2.05) is 46.9 Å². The molecule has 1 rings (SSSR count). The molecule has 3 nitrogen and oxygen atoms in total. The van der Waals surface area contributed by atoms with E-state index < -0.39 is 0 Å². The standard InChI is InChI=1S/C15H23NO2/c1-9(2)13(16-5)14(17)12-8-10(3)7-11(4)15(12)18-6/h7-9,13,16H,1-6H3. The van der Waals surface area contributed by atoms with E-state index in [-0.39, 0.29) is 17.7 Å². The molecule has 3 heteroatoms. The lowest BCUT2D eigenvalue weighted by Crippen LogP contribution is -2.38. The first-order chi connectivity index (χ1) is 8.42. The molecule has 0 fully saturated rings. The summed E-state index contributed by atoms with van der Waals surface area (Å²) >= 11 is 0. The molecular weight excluding hydrogens is 226 g/mol. The van der Waals surface area contributed by atoms with Gasteiger partial charge in [0.05, 0.1) is 18.7 Å². The summed E-state index contributed by atoms with van der Waals surface area (Å²) in [4.78, 5) is 12.6. The molecule has 0 aromatic heterocycles. The highest BCUT2D eigenvalue weighted by Crippen LogP contribution is 2.27. The first-order valence-corrected chi connectivity index (χ1v) is 6.29. The van der Waals surface area contributed by atoms with E-state index in [1.54, 1.807) is 7.11 Å². The van der Waals surface area contributed by atoms with Gasteiger partial charge in [0.25, 0.3) is 0 Å². The number of hydrogen-bond donors (Lipinski definition) is 1. The lowest BCUT2D eigenvalue weighted by molar-refractivity contribution is 0.0919. The Balaban J connectivity index is 3.27. The smallest absolute Gasteiger partial charge is 0.183 e. The molecule has 1 N–H and O–H groups in total. The van der Waals surface area contributed by atoms with Crippen LogP contribution in [0, 0.1) is 19.8 Å². The van der Waals surface area contributed by atoms with Crippen molar-refractivity contribution in [3.05, 3.63) is 28.8 Å². The number of benzene rings is 1. The third-order valence-electron chi connectivity index (χ3n) is 3.15. The van der Waals surface area contributed by atoms with Crippen molar-refractivity contribution in [2.75, 3.05) is 14.2 Å². The maximum atomic E-state index is 12.6. The van der Waals surface area contributed by atoms with E-state index in [2.05, 4.69) is 5.32 Å². The topological polar surface area (TPSA) is 38.3 Å². The summed E-state index contributed by atoms with van der Waals surface area (Å²) < 4.78 is 5.38. The summed E-state index contributed by atoms with van der Waals surface area (Å²) in [6.07, 6.45) is 0. The largest absolute Gasteiger partial charge is 0.496 e. The molecule has 1 unspecified atom stereocenters. The zero-order chi connectivity index (χ0) is 13.9. The van der Waals surface area contributed by atoms with Gasteiger partial charge in [0, 0.05) is 0 Å². The van der Waals surface area contributed by atoms with E-state index in [1.165, 1.54) is 0 Å². The van der Waals surface area contributed by atoms with E-state index in [0.717, 1.165) is 11.1 Å². The SMILES string of the molecule is CNC(C(=O)c1cc(C)cc(C)c1OC)C(C)C. The number of nitrogens with one attached hydrogen (secondary N) is 1. The van der Waals surface area contributed by atoms with Crippen molar-refractivity contribution in [3.63, 3.8) is 0 Å². The Bertz CT molecular complexity index is 438. The predicted octanol–water partition coefficient (Wildman–Crippen LogP) is 2.74. The van der Waals surface area contributed by atoms with Gasteiger partial charge in [-0.05, 0) is 44.0 Å². The van der Waals surface area contributed by atoms with Crippen LogP contribution in [0.15, 0.2) is 12.1 Å². The summed E-state index contributed by atoms with van der Waals surface area (Å²) in [6, 6.07) is 3.75. The summed E-state index contributed by atoms with van der Waals surface area (Å²) in [7, 11) is 3.43.